The number of hydrogen-bond donors (Lipinski definition) is 1. The first-order valence-corrected chi connectivity index (χ1v) is 6.83. The van der Waals surface area contributed by atoms with Crippen LogP contribution in [0.3, 0.4) is 0 Å². The molecule has 2 amide bonds. The third kappa shape index (κ3) is 3.10. The summed E-state index contributed by atoms with van der Waals surface area (Å²) in [5, 5.41) is 2.83. The maximum absolute atomic E-state index is 12.3. The van der Waals surface area contributed by atoms with E-state index in [4.69, 9.17) is 0 Å². The topological polar surface area (TPSA) is 67.2 Å². The van der Waals surface area contributed by atoms with Gasteiger partial charge in [0, 0.05) is 37.6 Å². The van der Waals surface area contributed by atoms with Crippen LogP contribution >= 0.6 is 0 Å². The number of carbonyl (C=O) groups is 2. The molecule has 1 N–H and O–H groups in total. The molecule has 0 radical (unpaired) electrons. The molecule has 3 rings (SSSR count). The first-order valence-electron chi connectivity index (χ1n) is 6.83. The standard InChI is InChI=1S/C15H16N4O2/c20-14-10-19(9-12-3-1-2-4-13(12)17-14)15(21)5-7-18-8-6-16-11-18/h1-4,6,8,11H,5,7,9-10H2,(H,17,20). The number of benzene rings is 1. The molecule has 0 bridgehead atoms. The number of aromatic nitrogens is 2. The number of carbonyl (C=O) groups excluding carboxylic acids is 2. The molecule has 1 aromatic carbocycles. The predicted octanol–water partition coefficient (Wildman–Crippen LogP) is 1.25. The zero-order valence-electron chi connectivity index (χ0n) is 11.5. The summed E-state index contributed by atoms with van der Waals surface area (Å²) in [4.78, 5) is 29.7. The Kier molecular flexibility index (Phi) is 3.68. The number of rotatable bonds is 3. The molecule has 0 unspecified atom stereocenters. The van der Waals surface area contributed by atoms with Crippen LogP contribution in [-0.4, -0.2) is 32.8 Å². The van der Waals surface area contributed by atoms with Crippen LogP contribution in [0, 0.1) is 0 Å². The van der Waals surface area contributed by atoms with Crippen molar-refractivity contribution in [1.82, 2.24) is 14.5 Å². The monoisotopic (exact) mass is 284 g/mol. The number of aryl methyl sites for hydroxylation is 1. The predicted molar refractivity (Wildman–Crippen MR) is 77.3 cm³/mol. The van der Waals surface area contributed by atoms with Gasteiger partial charge in [0.05, 0.1) is 6.33 Å². The molecule has 21 heavy (non-hydrogen) atoms. The van der Waals surface area contributed by atoms with Crippen molar-refractivity contribution in [1.29, 1.82) is 0 Å². The fraction of sp³-hybridized carbons (Fsp3) is 0.267. The van der Waals surface area contributed by atoms with Gasteiger partial charge in [-0.2, -0.15) is 0 Å². The van der Waals surface area contributed by atoms with Gasteiger partial charge in [-0.05, 0) is 11.6 Å². The highest BCUT2D eigenvalue weighted by molar-refractivity contribution is 5.96. The van der Waals surface area contributed by atoms with E-state index in [1.165, 1.54) is 0 Å². The molecule has 0 fully saturated rings. The van der Waals surface area contributed by atoms with Gasteiger partial charge < -0.3 is 14.8 Å². The number of hydrogen-bond acceptors (Lipinski definition) is 3. The molecule has 2 heterocycles. The summed E-state index contributed by atoms with van der Waals surface area (Å²) in [5.41, 5.74) is 1.74. The summed E-state index contributed by atoms with van der Waals surface area (Å²) in [6.07, 6.45) is 5.53. The smallest absolute Gasteiger partial charge is 0.244 e. The van der Waals surface area contributed by atoms with E-state index in [0.29, 0.717) is 19.5 Å². The van der Waals surface area contributed by atoms with Crippen LogP contribution in [0.1, 0.15) is 12.0 Å². The molecule has 0 spiro atoms. The molecule has 108 valence electrons. The Hall–Kier alpha value is -2.63. The zero-order chi connectivity index (χ0) is 14.7. The van der Waals surface area contributed by atoms with Gasteiger partial charge in [0.1, 0.15) is 6.54 Å². The Morgan fingerprint density at radius 1 is 1.29 bits per heavy atom. The first kappa shape index (κ1) is 13.4. The molecule has 6 nitrogen and oxygen atoms in total. The molecule has 0 atom stereocenters. The Morgan fingerprint density at radius 3 is 2.95 bits per heavy atom. The van der Waals surface area contributed by atoms with Gasteiger partial charge in [0.15, 0.2) is 0 Å². The fourth-order valence-corrected chi connectivity index (χ4v) is 2.38. The van der Waals surface area contributed by atoms with Gasteiger partial charge in [-0.25, -0.2) is 4.98 Å². The average molecular weight is 284 g/mol. The zero-order valence-corrected chi connectivity index (χ0v) is 11.5. The Labute approximate surface area is 122 Å². The number of imidazole rings is 1. The molecular formula is C15H16N4O2. The van der Waals surface area contributed by atoms with Crippen LogP contribution in [-0.2, 0) is 22.7 Å². The maximum atomic E-state index is 12.3. The lowest BCUT2D eigenvalue weighted by atomic mass is 10.1. The van der Waals surface area contributed by atoms with Crippen LogP contribution < -0.4 is 5.32 Å². The molecular weight excluding hydrogens is 268 g/mol. The molecule has 0 aliphatic carbocycles. The van der Waals surface area contributed by atoms with Crippen molar-refractivity contribution in [2.24, 2.45) is 0 Å². The van der Waals surface area contributed by atoms with Crippen LogP contribution in [0.4, 0.5) is 5.69 Å². The summed E-state index contributed by atoms with van der Waals surface area (Å²) >= 11 is 0. The van der Waals surface area contributed by atoms with E-state index in [1.807, 2.05) is 35.0 Å². The normalized spacial score (nSPS) is 14.3. The van der Waals surface area contributed by atoms with Crippen molar-refractivity contribution >= 4 is 17.5 Å². The van der Waals surface area contributed by atoms with Gasteiger partial charge in [0.2, 0.25) is 11.8 Å². The summed E-state index contributed by atoms with van der Waals surface area (Å²) in [5.74, 6) is -0.188. The van der Waals surface area contributed by atoms with Gasteiger partial charge >= 0.3 is 0 Å². The average Bonchev–Trinajstić information content (AvgIpc) is 2.93. The quantitative estimate of drug-likeness (QED) is 0.922. The van der Waals surface area contributed by atoms with Crippen molar-refractivity contribution < 1.29 is 9.59 Å². The van der Waals surface area contributed by atoms with E-state index in [2.05, 4.69) is 10.3 Å². The molecule has 6 heteroatoms. The molecule has 1 aliphatic rings. The second-order valence-corrected chi connectivity index (χ2v) is 5.01. The number of anilines is 1. The molecule has 0 saturated carbocycles. The molecule has 1 aliphatic heterocycles. The highest BCUT2D eigenvalue weighted by Crippen LogP contribution is 2.20. The lowest BCUT2D eigenvalue weighted by molar-refractivity contribution is -0.135. The Bertz CT molecular complexity index is 651. The van der Waals surface area contributed by atoms with E-state index in [0.717, 1.165) is 11.3 Å². The third-order valence-electron chi connectivity index (χ3n) is 3.48. The van der Waals surface area contributed by atoms with Crippen LogP contribution in [0.5, 0.6) is 0 Å². The Morgan fingerprint density at radius 2 is 2.14 bits per heavy atom. The lowest BCUT2D eigenvalue weighted by Gasteiger charge is -2.19. The van der Waals surface area contributed by atoms with Gasteiger partial charge in [-0.3, -0.25) is 9.59 Å². The van der Waals surface area contributed by atoms with Crippen molar-refractivity contribution in [2.45, 2.75) is 19.5 Å². The number of nitrogens with one attached hydrogen (secondary N) is 1. The number of fused-ring (bicyclic) bond motifs is 1. The van der Waals surface area contributed by atoms with E-state index in [9.17, 15) is 9.59 Å². The molecule has 0 saturated heterocycles. The van der Waals surface area contributed by atoms with Crippen LogP contribution in [0.25, 0.3) is 0 Å². The second kappa shape index (κ2) is 5.78. The maximum Gasteiger partial charge on any atom is 0.244 e. The van der Waals surface area contributed by atoms with E-state index >= 15 is 0 Å². The summed E-state index contributed by atoms with van der Waals surface area (Å²) in [7, 11) is 0. The number of amides is 2. The van der Waals surface area contributed by atoms with Gasteiger partial charge in [0.25, 0.3) is 0 Å². The van der Waals surface area contributed by atoms with E-state index in [-0.39, 0.29) is 18.4 Å². The lowest BCUT2D eigenvalue weighted by Crippen LogP contribution is -2.35. The van der Waals surface area contributed by atoms with Crippen molar-refractivity contribution in [3.05, 3.63) is 48.5 Å². The van der Waals surface area contributed by atoms with E-state index in [1.54, 1.807) is 17.4 Å². The van der Waals surface area contributed by atoms with Crippen molar-refractivity contribution in [3.63, 3.8) is 0 Å². The fourth-order valence-electron chi connectivity index (χ4n) is 2.38. The largest absolute Gasteiger partial charge is 0.337 e. The third-order valence-corrected chi connectivity index (χ3v) is 3.48. The highest BCUT2D eigenvalue weighted by atomic mass is 16.2. The van der Waals surface area contributed by atoms with Crippen LogP contribution in [0.2, 0.25) is 0 Å². The SMILES string of the molecule is O=C1CN(C(=O)CCn2ccnc2)Cc2ccccc2N1. The van der Waals surface area contributed by atoms with Gasteiger partial charge in [-0.1, -0.05) is 18.2 Å². The minimum Gasteiger partial charge on any atom is -0.337 e. The van der Waals surface area contributed by atoms with Crippen molar-refractivity contribution in [2.75, 3.05) is 11.9 Å². The first-order chi connectivity index (χ1) is 10.2. The minimum absolute atomic E-state index is 0.0319. The van der Waals surface area contributed by atoms with E-state index < -0.39 is 0 Å². The minimum atomic E-state index is -0.157. The van der Waals surface area contributed by atoms with Crippen molar-refractivity contribution in [3.8, 4) is 0 Å². The second-order valence-electron chi connectivity index (χ2n) is 5.01. The Balaban J connectivity index is 1.70. The number of para-hydroxylation sites is 1. The van der Waals surface area contributed by atoms with Gasteiger partial charge in [-0.15, -0.1) is 0 Å². The number of nitrogens with zero attached hydrogens (tertiary/aromatic N) is 3. The summed E-state index contributed by atoms with van der Waals surface area (Å²) in [6.45, 7) is 1.12. The summed E-state index contributed by atoms with van der Waals surface area (Å²) in [6, 6.07) is 7.56. The highest BCUT2D eigenvalue weighted by Gasteiger charge is 2.22. The summed E-state index contributed by atoms with van der Waals surface area (Å²) < 4.78 is 1.85. The van der Waals surface area contributed by atoms with Crippen LogP contribution in [0.15, 0.2) is 43.0 Å². The molecule has 1 aromatic heterocycles. The molecule has 2 aromatic rings.